The molecule has 1 amide bonds. The van der Waals surface area contributed by atoms with E-state index in [0.29, 0.717) is 21.4 Å². The average molecular weight is 301 g/mol. The number of benzene rings is 1. The number of carbonyl (C=O) groups excluding carboxylic acids is 1. The van der Waals surface area contributed by atoms with Gasteiger partial charge in [0.15, 0.2) is 0 Å². The Kier molecular flexibility index (Phi) is 3.68. The second-order valence-electron chi connectivity index (χ2n) is 3.92. The van der Waals surface area contributed by atoms with Gasteiger partial charge in [-0.15, -0.1) is 0 Å². The van der Waals surface area contributed by atoms with E-state index in [1.54, 1.807) is 26.1 Å². The first-order chi connectivity index (χ1) is 8.90. The van der Waals surface area contributed by atoms with Gasteiger partial charge < -0.3 is 9.84 Å². The number of nitrogens with zero attached hydrogens (tertiary/aromatic N) is 1. The molecule has 19 heavy (non-hydrogen) atoms. The van der Waals surface area contributed by atoms with Gasteiger partial charge in [-0.05, 0) is 25.1 Å². The molecule has 0 unspecified atom stereocenters. The zero-order valence-electron chi connectivity index (χ0n) is 10.2. The van der Waals surface area contributed by atoms with E-state index in [9.17, 15) is 9.59 Å². The molecule has 0 atom stereocenters. The topological polar surface area (TPSA) is 64.2 Å². The molecule has 2 rings (SSSR count). The van der Waals surface area contributed by atoms with Gasteiger partial charge in [-0.3, -0.25) is 4.79 Å². The lowest BCUT2D eigenvalue weighted by atomic mass is 10.2. The summed E-state index contributed by atoms with van der Waals surface area (Å²) in [6, 6.07) is 4.65. The fraction of sp³-hybridized carbons (Fsp3) is 0.167. The summed E-state index contributed by atoms with van der Waals surface area (Å²) in [5.74, 6) is -0.551. The summed E-state index contributed by atoms with van der Waals surface area (Å²) < 4.78 is 6.04. The summed E-state index contributed by atoms with van der Waals surface area (Å²) in [7, 11) is 1.55. The van der Waals surface area contributed by atoms with Gasteiger partial charge in [0.1, 0.15) is 5.56 Å². The predicted molar refractivity (Wildman–Crippen MR) is 73.1 cm³/mol. The maximum absolute atomic E-state index is 12.0. The number of nitrogens with one attached hydrogen (secondary N) is 1. The number of aromatic nitrogens is 1. The molecular formula is C12H10Cl2N2O3. The molecule has 0 fully saturated rings. The summed E-state index contributed by atoms with van der Waals surface area (Å²) in [6.07, 6.45) is 0. The zero-order chi connectivity index (χ0) is 14.2. The van der Waals surface area contributed by atoms with Crippen LogP contribution in [0.2, 0.25) is 10.0 Å². The highest BCUT2D eigenvalue weighted by Crippen LogP contribution is 2.25. The van der Waals surface area contributed by atoms with E-state index in [1.807, 2.05) is 0 Å². The molecule has 5 nitrogen and oxygen atoms in total. The van der Waals surface area contributed by atoms with Crippen molar-refractivity contribution in [2.75, 3.05) is 5.32 Å². The minimum Gasteiger partial charge on any atom is -0.336 e. The fourth-order valence-corrected chi connectivity index (χ4v) is 1.87. The minimum absolute atomic E-state index is 0.0337. The van der Waals surface area contributed by atoms with Crippen LogP contribution >= 0.6 is 23.2 Å². The van der Waals surface area contributed by atoms with Crippen molar-refractivity contribution in [3.05, 3.63) is 49.9 Å². The second kappa shape index (κ2) is 5.11. The zero-order valence-corrected chi connectivity index (χ0v) is 11.7. The molecule has 1 aromatic carbocycles. The molecule has 0 saturated heterocycles. The first-order valence-electron chi connectivity index (χ1n) is 5.33. The maximum Gasteiger partial charge on any atom is 0.370 e. The van der Waals surface area contributed by atoms with Crippen LogP contribution in [0.4, 0.5) is 5.69 Å². The normalized spacial score (nSPS) is 10.5. The van der Waals surface area contributed by atoms with E-state index in [1.165, 1.54) is 10.8 Å². The summed E-state index contributed by atoms with van der Waals surface area (Å²) in [5, 5.41) is 3.27. The van der Waals surface area contributed by atoms with Gasteiger partial charge >= 0.3 is 5.63 Å². The van der Waals surface area contributed by atoms with Crippen molar-refractivity contribution < 1.29 is 9.32 Å². The van der Waals surface area contributed by atoms with Gasteiger partial charge in [0.25, 0.3) is 5.91 Å². The Morgan fingerprint density at radius 2 is 2.00 bits per heavy atom. The van der Waals surface area contributed by atoms with Crippen LogP contribution in [0.5, 0.6) is 0 Å². The fourth-order valence-electron chi connectivity index (χ4n) is 1.57. The van der Waals surface area contributed by atoms with Gasteiger partial charge in [0.05, 0.1) is 15.7 Å². The van der Waals surface area contributed by atoms with Crippen molar-refractivity contribution >= 4 is 34.8 Å². The molecule has 100 valence electrons. The lowest BCUT2D eigenvalue weighted by Crippen LogP contribution is -2.19. The Hall–Kier alpha value is -1.72. The van der Waals surface area contributed by atoms with Crippen LogP contribution in [-0.2, 0) is 7.05 Å². The molecule has 1 N–H and O–H groups in total. The SMILES string of the molecule is Cc1c(C(=O)Nc2ccc(Cl)c(Cl)c2)c(=O)on1C. The lowest BCUT2D eigenvalue weighted by Gasteiger charge is -2.05. The number of rotatable bonds is 2. The minimum atomic E-state index is -0.683. The summed E-state index contributed by atoms with van der Waals surface area (Å²) >= 11 is 11.6. The lowest BCUT2D eigenvalue weighted by molar-refractivity contribution is 0.102. The number of anilines is 1. The Labute approximate surface area is 118 Å². The Balaban J connectivity index is 2.31. The van der Waals surface area contributed by atoms with Crippen LogP contribution in [-0.4, -0.2) is 10.6 Å². The first-order valence-corrected chi connectivity index (χ1v) is 6.09. The van der Waals surface area contributed by atoms with E-state index < -0.39 is 11.5 Å². The molecule has 0 bridgehead atoms. The highest BCUT2D eigenvalue weighted by atomic mass is 35.5. The molecule has 0 aliphatic heterocycles. The van der Waals surface area contributed by atoms with Crippen LogP contribution in [0.25, 0.3) is 0 Å². The molecule has 0 saturated carbocycles. The van der Waals surface area contributed by atoms with E-state index in [0.717, 1.165) is 0 Å². The van der Waals surface area contributed by atoms with Crippen LogP contribution in [0.15, 0.2) is 27.5 Å². The monoisotopic (exact) mass is 300 g/mol. The van der Waals surface area contributed by atoms with Crippen molar-refractivity contribution in [1.82, 2.24) is 4.74 Å². The molecule has 1 heterocycles. The van der Waals surface area contributed by atoms with Crippen LogP contribution in [0.1, 0.15) is 16.1 Å². The summed E-state index contributed by atoms with van der Waals surface area (Å²) in [4.78, 5) is 23.5. The molecule has 1 aromatic heterocycles. The van der Waals surface area contributed by atoms with Crippen molar-refractivity contribution in [2.45, 2.75) is 6.92 Å². The Morgan fingerprint density at radius 1 is 1.32 bits per heavy atom. The van der Waals surface area contributed by atoms with E-state index in [2.05, 4.69) is 5.32 Å². The molecule has 0 radical (unpaired) electrons. The molecule has 2 aromatic rings. The number of aryl methyl sites for hydroxylation is 1. The smallest absolute Gasteiger partial charge is 0.336 e. The van der Waals surface area contributed by atoms with E-state index >= 15 is 0 Å². The van der Waals surface area contributed by atoms with Gasteiger partial charge in [-0.25, -0.2) is 9.53 Å². The van der Waals surface area contributed by atoms with Gasteiger partial charge in [-0.1, -0.05) is 23.2 Å². The number of hydrogen-bond acceptors (Lipinski definition) is 3. The average Bonchev–Trinajstić information content (AvgIpc) is 2.58. The van der Waals surface area contributed by atoms with Gasteiger partial charge in [0.2, 0.25) is 0 Å². The van der Waals surface area contributed by atoms with Gasteiger partial charge in [-0.2, -0.15) is 0 Å². The van der Waals surface area contributed by atoms with Crippen LogP contribution in [0.3, 0.4) is 0 Å². The Morgan fingerprint density at radius 3 is 2.53 bits per heavy atom. The van der Waals surface area contributed by atoms with Crippen molar-refractivity contribution in [3.63, 3.8) is 0 Å². The third-order valence-electron chi connectivity index (χ3n) is 2.66. The van der Waals surface area contributed by atoms with Crippen LogP contribution in [0, 0.1) is 6.92 Å². The third kappa shape index (κ3) is 2.67. The summed E-state index contributed by atoms with van der Waals surface area (Å²) in [6.45, 7) is 1.62. The van der Waals surface area contributed by atoms with E-state index in [-0.39, 0.29) is 5.56 Å². The number of carbonyl (C=O) groups is 1. The standard InChI is InChI=1S/C12H10Cl2N2O3/c1-6-10(12(18)19-16(6)2)11(17)15-7-3-4-8(13)9(14)5-7/h3-5H,1-2H3,(H,15,17). The van der Waals surface area contributed by atoms with Crippen LogP contribution < -0.4 is 10.9 Å². The largest absolute Gasteiger partial charge is 0.370 e. The highest BCUT2D eigenvalue weighted by molar-refractivity contribution is 6.42. The van der Waals surface area contributed by atoms with Crippen molar-refractivity contribution in [2.24, 2.45) is 7.05 Å². The number of hydrogen-bond donors (Lipinski definition) is 1. The van der Waals surface area contributed by atoms with Crippen molar-refractivity contribution in [3.8, 4) is 0 Å². The Bertz CT molecular complexity index is 703. The predicted octanol–water partition coefficient (Wildman–Crippen LogP) is 2.85. The number of halogens is 2. The van der Waals surface area contributed by atoms with Crippen molar-refractivity contribution in [1.29, 1.82) is 0 Å². The third-order valence-corrected chi connectivity index (χ3v) is 3.40. The number of amides is 1. The molecule has 0 spiro atoms. The molecule has 0 aliphatic carbocycles. The highest BCUT2D eigenvalue weighted by Gasteiger charge is 2.19. The molecular weight excluding hydrogens is 291 g/mol. The maximum atomic E-state index is 12.0. The van der Waals surface area contributed by atoms with E-state index in [4.69, 9.17) is 27.7 Å². The second-order valence-corrected chi connectivity index (χ2v) is 4.73. The van der Waals surface area contributed by atoms with Gasteiger partial charge in [0, 0.05) is 12.7 Å². The summed E-state index contributed by atoms with van der Waals surface area (Å²) in [5.41, 5.74) is 0.177. The molecule has 0 aliphatic rings. The quantitative estimate of drug-likeness (QED) is 0.927. The molecule has 7 heteroatoms. The first kappa shape index (κ1) is 13.7.